The molecule has 0 aromatic rings. The van der Waals surface area contributed by atoms with Gasteiger partial charge in [-0.3, -0.25) is 4.79 Å². The van der Waals surface area contributed by atoms with Gasteiger partial charge in [0, 0.05) is 0 Å². The Morgan fingerprint density at radius 3 is 1.68 bits per heavy atom. The Kier molecular flexibility index (Phi) is 27.4. The Morgan fingerprint density at radius 1 is 0.575 bits per heavy atom. The molecule has 0 aliphatic heterocycles. The van der Waals surface area contributed by atoms with Crippen LogP contribution in [0, 0.1) is 5.92 Å². The van der Waals surface area contributed by atoms with Crippen molar-refractivity contribution < 1.29 is 19.8 Å². The molecular formula is C36H58O4. The first-order valence-electron chi connectivity index (χ1n) is 16.0. The van der Waals surface area contributed by atoms with Crippen LogP contribution in [0.3, 0.4) is 0 Å². The van der Waals surface area contributed by atoms with Crippen LogP contribution in [-0.4, -0.2) is 22.2 Å². The van der Waals surface area contributed by atoms with E-state index >= 15 is 0 Å². The van der Waals surface area contributed by atoms with Gasteiger partial charge in [-0.1, -0.05) is 151 Å². The van der Waals surface area contributed by atoms with E-state index in [1.165, 1.54) is 63.9 Å². The summed E-state index contributed by atoms with van der Waals surface area (Å²) in [6, 6.07) is 0. The Hall–Kier alpha value is -2.62. The van der Waals surface area contributed by atoms with Gasteiger partial charge in [-0.25, -0.2) is 4.79 Å². The first kappa shape index (κ1) is 37.4. The van der Waals surface area contributed by atoms with Crippen molar-refractivity contribution in [3.05, 3.63) is 72.4 Å². The van der Waals surface area contributed by atoms with Gasteiger partial charge in [0.05, 0.1) is 11.5 Å². The third-order valence-corrected chi connectivity index (χ3v) is 6.92. The highest BCUT2D eigenvalue weighted by atomic mass is 16.4. The maximum Gasteiger partial charge on any atom is 0.332 e. The molecule has 0 amide bonds. The number of allylic oxidation sites excluding steroid dienone is 11. The smallest absolute Gasteiger partial charge is 0.332 e. The van der Waals surface area contributed by atoms with Gasteiger partial charge >= 0.3 is 11.9 Å². The van der Waals surface area contributed by atoms with Crippen molar-refractivity contribution in [2.24, 2.45) is 5.92 Å². The topological polar surface area (TPSA) is 74.6 Å². The number of rotatable bonds is 27. The highest BCUT2D eigenvalue weighted by molar-refractivity contribution is 5.94. The Labute approximate surface area is 245 Å². The van der Waals surface area contributed by atoms with E-state index in [0.717, 1.165) is 51.4 Å². The average Bonchev–Trinajstić information content (AvgIpc) is 2.93. The van der Waals surface area contributed by atoms with Crippen molar-refractivity contribution >= 4 is 11.9 Å². The monoisotopic (exact) mass is 554 g/mol. The number of carboxylic acid groups (broad SMARTS) is 2. The molecule has 226 valence electrons. The fourth-order valence-corrected chi connectivity index (χ4v) is 4.51. The summed E-state index contributed by atoms with van der Waals surface area (Å²) in [4.78, 5) is 23.6. The fourth-order valence-electron chi connectivity index (χ4n) is 4.51. The molecule has 0 heterocycles. The van der Waals surface area contributed by atoms with Crippen molar-refractivity contribution in [1.82, 2.24) is 0 Å². The Bertz CT molecular complexity index is 798. The zero-order valence-electron chi connectivity index (χ0n) is 25.6. The van der Waals surface area contributed by atoms with Gasteiger partial charge in [0.1, 0.15) is 0 Å². The number of carboxylic acids is 2. The van der Waals surface area contributed by atoms with Crippen LogP contribution < -0.4 is 0 Å². The van der Waals surface area contributed by atoms with Crippen molar-refractivity contribution in [3.63, 3.8) is 0 Å². The van der Waals surface area contributed by atoms with Gasteiger partial charge in [-0.05, 0) is 51.4 Å². The lowest BCUT2D eigenvalue weighted by Gasteiger charge is -2.12. The molecule has 4 nitrogen and oxygen atoms in total. The highest BCUT2D eigenvalue weighted by Crippen LogP contribution is 2.21. The number of aliphatic carboxylic acids is 2. The van der Waals surface area contributed by atoms with Crippen molar-refractivity contribution in [1.29, 1.82) is 0 Å². The quantitative estimate of drug-likeness (QED) is 0.0458. The lowest BCUT2D eigenvalue weighted by Crippen LogP contribution is -2.21. The standard InChI is InChI=1S/C36H58O4/c1-3-5-7-9-11-13-15-17-19-21-23-25-27-29-31-33(35(37)38)34(36(39)40)32-30-28-26-24-22-20-18-16-14-12-10-8-6-4-2/h5,7,11,13,17,19,24,26,28,30,32-33H,3-4,6,8-10,12,14-16,18,20-23,25,27,29,31H2,1-2H3,(H,37,38)(H,39,40). The van der Waals surface area contributed by atoms with E-state index in [-0.39, 0.29) is 5.57 Å². The molecule has 0 aromatic carbocycles. The molecule has 0 saturated heterocycles. The van der Waals surface area contributed by atoms with Gasteiger partial charge < -0.3 is 10.2 Å². The molecule has 2 N–H and O–H groups in total. The third-order valence-electron chi connectivity index (χ3n) is 6.92. The van der Waals surface area contributed by atoms with Crippen LogP contribution in [0.15, 0.2) is 72.4 Å². The van der Waals surface area contributed by atoms with Crippen LogP contribution >= 0.6 is 0 Å². The maximum absolute atomic E-state index is 11.8. The van der Waals surface area contributed by atoms with E-state index < -0.39 is 17.9 Å². The summed E-state index contributed by atoms with van der Waals surface area (Å²) < 4.78 is 0. The molecule has 0 saturated carbocycles. The minimum absolute atomic E-state index is 0.0442. The molecule has 4 heteroatoms. The zero-order valence-corrected chi connectivity index (χ0v) is 25.6. The summed E-state index contributed by atoms with van der Waals surface area (Å²) in [7, 11) is 0. The summed E-state index contributed by atoms with van der Waals surface area (Å²) in [5.74, 6) is -3.20. The van der Waals surface area contributed by atoms with Gasteiger partial charge in [0.25, 0.3) is 0 Å². The third kappa shape index (κ3) is 24.4. The van der Waals surface area contributed by atoms with Crippen LogP contribution in [0.25, 0.3) is 0 Å². The van der Waals surface area contributed by atoms with Gasteiger partial charge in [0.15, 0.2) is 0 Å². The minimum atomic E-state index is -1.16. The number of hydrogen-bond donors (Lipinski definition) is 2. The number of carbonyl (C=O) groups is 2. The highest BCUT2D eigenvalue weighted by Gasteiger charge is 2.26. The lowest BCUT2D eigenvalue weighted by atomic mass is 9.92. The van der Waals surface area contributed by atoms with Crippen LogP contribution in [0.1, 0.15) is 136 Å². The zero-order chi connectivity index (χ0) is 29.5. The second-order valence-corrected chi connectivity index (χ2v) is 10.5. The predicted octanol–water partition coefficient (Wildman–Crippen LogP) is 10.9. The molecule has 0 aliphatic rings. The molecule has 0 fully saturated rings. The van der Waals surface area contributed by atoms with E-state index in [4.69, 9.17) is 0 Å². The predicted molar refractivity (Wildman–Crippen MR) is 172 cm³/mol. The van der Waals surface area contributed by atoms with E-state index in [0.29, 0.717) is 12.8 Å². The molecule has 0 spiro atoms. The van der Waals surface area contributed by atoms with Gasteiger partial charge in [-0.15, -0.1) is 0 Å². The van der Waals surface area contributed by atoms with E-state index in [1.807, 2.05) is 6.08 Å². The van der Waals surface area contributed by atoms with Crippen LogP contribution in [-0.2, 0) is 9.59 Å². The average molecular weight is 555 g/mol. The molecule has 0 bridgehead atoms. The first-order valence-corrected chi connectivity index (χ1v) is 16.0. The maximum atomic E-state index is 11.8. The summed E-state index contributed by atoms with van der Waals surface area (Å²) >= 11 is 0. The molecule has 0 rings (SSSR count). The number of unbranched alkanes of at least 4 members (excludes halogenated alkanes) is 13. The normalized spacial score (nSPS) is 13.6. The SMILES string of the molecule is CCC=CCC=CCC=CCCCCCCC(C(=O)O)C(=CC=CC=CCCCCCCCCCCC)C(=O)O. The summed E-state index contributed by atoms with van der Waals surface area (Å²) in [6.45, 7) is 4.38. The molecule has 40 heavy (non-hydrogen) atoms. The summed E-state index contributed by atoms with van der Waals surface area (Å²) in [6.07, 6.45) is 42.9. The molecule has 0 radical (unpaired) electrons. The van der Waals surface area contributed by atoms with Crippen molar-refractivity contribution in [2.45, 2.75) is 136 Å². The Morgan fingerprint density at radius 2 is 1.10 bits per heavy atom. The van der Waals surface area contributed by atoms with E-state index in [2.05, 4.69) is 56.4 Å². The minimum Gasteiger partial charge on any atom is -0.481 e. The Balaban J connectivity index is 4.23. The molecule has 0 aromatic heterocycles. The summed E-state index contributed by atoms with van der Waals surface area (Å²) in [5, 5.41) is 19.3. The fraction of sp³-hybridized carbons (Fsp3) is 0.611. The van der Waals surface area contributed by atoms with Gasteiger partial charge in [-0.2, -0.15) is 0 Å². The second-order valence-electron chi connectivity index (χ2n) is 10.5. The van der Waals surface area contributed by atoms with Crippen LogP contribution in [0.4, 0.5) is 0 Å². The van der Waals surface area contributed by atoms with Gasteiger partial charge in [0.2, 0.25) is 0 Å². The largest absolute Gasteiger partial charge is 0.481 e. The first-order chi connectivity index (χ1) is 19.5. The van der Waals surface area contributed by atoms with E-state index in [9.17, 15) is 19.8 Å². The van der Waals surface area contributed by atoms with Crippen LogP contribution in [0.2, 0.25) is 0 Å². The summed E-state index contributed by atoms with van der Waals surface area (Å²) in [5.41, 5.74) is -0.0442. The van der Waals surface area contributed by atoms with Crippen molar-refractivity contribution in [2.75, 3.05) is 0 Å². The lowest BCUT2D eigenvalue weighted by molar-refractivity contribution is -0.144. The van der Waals surface area contributed by atoms with Crippen molar-refractivity contribution in [3.8, 4) is 0 Å². The molecule has 0 aliphatic carbocycles. The number of hydrogen-bond acceptors (Lipinski definition) is 2. The molecule has 1 unspecified atom stereocenters. The second kappa shape index (κ2) is 29.4. The molecular weight excluding hydrogens is 496 g/mol. The molecule has 1 atom stereocenters. The van der Waals surface area contributed by atoms with E-state index in [1.54, 1.807) is 12.2 Å². The van der Waals surface area contributed by atoms with Crippen LogP contribution in [0.5, 0.6) is 0 Å².